The van der Waals surface area contributed by atoms with E-state index in [1.54, 1.807) is 6.07 Å². The highest BCUT2D eigenvalue weighted by Crippen LogP contribution is 2.29. The van der Waals surface area contributed by atoms with Gasteiger partial charge in [-0.3, -0.25) is 0 Å². The Morgan fingerprint density at radius 2 is 2.05 bits per heavy atom. The van der Waals surface area contributed by atoms with Crippen molar-refractivity contribution >= 4 is 5.97 Å². The fourth-order valence-electron chi connectivity index (χ4n) is 2.87. The van der Waals surface area contributed by atoms with E-state index in [-0.39, 0.29) is 11.8 Å². The first-order valence-electron chi connectivity index (χ1n) is 7.06. The molecule has 0 bridgehead atoms. The van der Waals surface area contributed by atoms with Crippen molar-refractivity contribution in [1.29, 1.82) is 0 Å². The normalized spacial score (nSPS) is 19.3. The van der Waals surface area contributed by atoms with Crippen LogP contribution in [0.5, 0.6) is 0 Å². The number of carbonyl (C=O) groups is 1. The maximum absolute atomic E-state index is 11.3. The van der Waals surface area contributed by atoms with Crippen LogP contribution in [0.15, 0.2) is 16.5 Å². The number of nitrogens with one attached hydrogen (secondary N) is 1. The predicted molar refractivity (Wildman–Crippen MR) is 73.0 cm³/mol. The average Bonchev–Trinajstić information content (AvgIpc) is 3.08. The standard InChI is InChI=1S/C15H23NO3/c1-10(12-6-4-5-7-12)16-11(2)13-8-9-14(19-13)15(17)18-3/h8-12,16H,4-7H2,1-3H3/t10-,11?/m0/s1. The number of carbonyl (C=O) groups excluding carboxylic acids is 1. The van der Waals surface area contributed by atoms with E-state index in [1.165, 1.54) is 32.8 Å². The molecule has 1 unspecified atom stereocenters. The molecule has 1 aromatic heterocycles. The fraction of sp³-hybridized carbons (Fsp3) is 0.667. The van der Waals surface area contributed by atoms with Crippen LogP contribution in [-0.4, -0.2) is 19.1 Å². The molecule has 19 heavy (non-hydrogen) atoms. The van der Waals surface area contributed by atoms with Gasteiger partial charge < -0.3 is 14.5 Å². The van der Waals surface area contributed by atoms with E-state index in [0.717, 1.165) is 11.7 Å². The quantitative estimate of drug-likeness (QED) is 0.830. The Labute approximate surface area is 114 Å². The first-order chi connectivity index (χ1) is 9.11. The molecule has 4 heteroatoms. The maximum atomic E-state index is 11.3. The Balaban J connectivity index is 1.93. The van der Waals surface area contributed by atoms with Gasteiger partial charge in [0.2, 0.25) is 5.76 Å². The Kier molecular flexibility index (Phi) is 4.64. The first-order valence-corrected chi connectivity index (χ1v) is 7.06. The molecule has 0 amide bonds. The molecule has 106 valence electrons. The summed E-state index contributed by atoms with van der Waals surface area (Å²) in [5.74, 6) is 1.38. The molecule has 1 fully saturated rings. The minimum Gasteiger partial charge on any atom is -0.463 e. The lowest BCUT2D eigenvalue weighted by Gasteiger charge is -2.23. The highest BCUT2D eigenvalue weighted by Gasteiger charge is 2.24. The number of furan rings is 1. The van der Waals surface area contributed by atoms with Crippen LogP contribution in [0.4, 0.5) is 0 Å². The van der Waals surface area contributed by atoms with Gasteiger partial charge in [-0.05, 0) is 44.7 Å². The molecule has 2 rings (SSSR count). The van der Waals surface area contributed by atoms with E-state index >= 15 is 0 Å². The van der Waals surface area contributed by atoms with Crippen molar-refractivity contribution in [3.8, 4) is 0 Å². The average molecular weight is 265 g/mol. The largest absolute Gasteiger partial charge is 0.463 e. The van der Waals surface area contributed by atoms with Gasteiger partial charge in [0, 0.05) is 6.04 Å². The van der Waals surface area contributed by atoms with E-state index in [4.69, 9.17) is 4.42 Å². The van der Waals surface area contributed by atoms with Gasteiger partial charge in [0.15, 0.2) is 0 Å². The van der Waals surface area contributed by atoms with Crippen LogP contribution in [0.1, 0.15) is 61.9 Å². The second-order valence-electron chi connectivity index (χ2n) is 5.42. The van der Waals surface area contributed by atoms with Gasteiger partial charge in [-0.2, -0.15) is 0 Å². The number of ether oxygens (including phenoxy) is 1. The highest BCUT2D eigenvalue weighted by atomic mass is 16.5. The lowest BCUT2D eigenvalue weighted by Crippen LogP contribution is -2.34. The summed E-state index contributed by atoms with van der Waals surface area (Å²) in [6, 6.07) is 4.09. The Hall–Kier alpha value is -1.29. The van der Waals surface area contributed by atoms with Gasteiger partial charge in [-0.1, -0.05) is 12.8 Å². The van der Waals surface area contributed by atoms with Crippen molar-refractivity contribution in [2.75, 3.05) is 7.11 Å². The summed E-state index contributed by atoms with van der Waals surface area (Å²) < 4.78 is 10.2. The van der Waals surface area contributed by atoms with E-state index in [0.29, 0.717) is 6.04 Å². The van der Waals surface area contributed by atoms with Crippen molar-refractivity contribution in [3.05, 3.63) is 23.7 Å². The summed E-state index contributed by atoms with van der Waals surface area (Å²) in [5.41, 5.74) is 0. The molecule has 0 radical (unpaired) electrons. The van der Waals surface area contributed by atoms with Crippen molar-refractivity contribution < 1.29 is 13.9 Å². The monoisotopic (exact) mass is 265 g/mol. The molecule has 1 heterocycles. The summed E-state index contributed by atoms with van der Waals surface area (Å²) in [6.45, 7) is 4.29. The molecular weight excluding hydrogens is 242 g/mol. The zero-order valence-corrected chi connectivity index (χ0v) is 11.9. The summed E-state index contributed by atoms with van der Waals surface area (Å²) in [5, 5.41) is 3.56. The van der Waals surface area contributed by atoms with Gasteiger partial charge in [0.25, 0.3) is 0 Å². The molecule has 1 N–H and O–H groups in total. The van der Waals surface area contributed by atoms with Crippen LogP contribution in [-0.2, 0) is 4.74 Å². The predicted octanol–water partition coefficient (Wildman–Crippen LogP) is 3.30. The van der Waals surface area contributed by atoms with Gasteiger partial charge >= 0.3 is 5.97 Å². The molecule has 0 aliphatic heterocycles. The Morgan fingerprint density at radius 3 is 2.68 bits per heavy atom. The van der Waals surface area contributed by atoms with E-state index < -0.39 is 5.97 Å². The van der Waals surface area contributed by atoms with E-state index in [9.17, 15) is 4.79 Å². The Morgan fingerprint density at radius 1 is 1.37 bits per heavy atom. The Bertz CT molecular complexity index is 421. The van der Waals surface area contributed by atoms with Gasteiger partial charge in [0.05, 0.1) is 13.2 Å². The van der Waals surface area contributed by atoms with Gasteiger partial charge in [-0.15, -0.1) is 0 Å². The summed E-state index contributed by atoms with van der Waals surface area (Å²) >= 11 is 0. The second kappa shape index (κ2) is 6.24. The molecule has 1 aliphatic carbocycles. The van der Waals surface area contributed by atoms with Crippen LogP contribution >= 0.6 is 0 Å². The van der Waals surface area contributed by atoms with Crippen LogP contribution < -0.4 is 5.32 Å². The topological polar surface area (TPSA) is 51.5 Å². The smallest absolute Gasteiger partial charge is 0.373 e. The lowest BCUT2D eigenvalue weighted by molar-refractivity contribution is 0.0562. The molecule has 2 atom stereocenters. The zero-order valence-electron chi connectivity index (χ0n) is 11.9. The number of methoxy groups -OCH3 is 1. The number of esters is 1. The molecule has 1 aliphatic rings. The summed E-state index contributed by atoms with van der Waals surface area (Å²) in [7, 11) is 1.36. The lowest BCUT2D eigenvalue weighted by atomic mass is 9.99. The van der Waals surface area contributed by atoms with Crippen molar-refractivity contribution in [2.24, 2.45) is 5.92 Å². The minimum absolute atomic E-state index is 0.106. The molecule has 4 nitrogen and oxygen atoms in total. The summed E-state index contributed by atoms with van der Waals surface area (Å²) in [6.07, 6.45) is 5.32. The SMILES string of the molecule is COC(=O)c1ccc(C(C)N[C@@H](C)C2CCCC2)o1. The third-order valence-corrected chi connectivity index (χ3v) is 4.06. The van der Waals surface area contributed by atoms with Crippen molar-refractivity contribution in [3.63, 3.8) is 0 Å². The maximum Gasteiger partial charge on any atom is 0.373 e. The molecular formula is C15H23NO3. The van der Waals surface area contributed by atoms with Crippen molar-refractivity contribution in [2.45, 2.75) is 51.6 Å². The van der Waals surface area contributed by atoms with Crippen LogP contribution in [0.3, 0.4) is 0 Å². The number of hydrogen-bond donors (Lipinski definition) is 1. The third kappa shape index (κ3) is 3.38. The molecule has 1 saturated carbocycles. The van der Waals surface area contributed by atoms with E-state index in [2.05, 4.69) is 23.9 Å². The molecule has 1 aromatic rings. The number of hydrogen-bond acceptors (Lipinski definition) is 4. The molecule has 0 spiro atoms. The fourth-order valence-corrected chi connectivity index (χ4v) is 2.87. The number of rotatable bonds is 5. The van der Waals surface area contributed by atoms with Gasteiger partial charge in [0.1, 0.15) is 5.76 Å². The minimum atomic E-state index is -0.428. The third-order valence-electron chi connectivity index (χ3n) is 4.06. The van der Waals surface area contributed by atoms with Crippen LogP contribution in [0, 0.1) is 5.92 Å². The molecule has 0 aromatic carbocycles. The van der Waals surface area contributed by atoms with E-state index in [1.807, 2.05) is 6.07 Å². The first kappa shape index (κ1) is 14.1. The van der Waals surface area contributed by atoms with Crippen LogP contribution in [0.2, 0.25) is 0 Å². The van der Waals surface area contributed by atoms with Gasteiger partial charge in [-0.25, -0.2) is 4.79 Å². The summed E-state index contributed by atoms with van der Waals surface area (Å²) in [4.78, 5) is 11.3. The van der Waals surface area contributed by atoms with Crippen molar-refractivity contribution in [1.82, 2.24) is 5.32 Å². The zero-order chi connectivity index (χ0) is 13.8. The highest BCUT2D eigenvalue weighted by molar-refractivity contribution is 5.86. The molecule has 0 saturated heterocycles. The second-order valence-corrected chi connectivity index (χ2v) is 5.42. The van der Waals surface area contributed by atoms with Crippen LogP contribution in [0.25, 0.3) is 0 Å².